The maximum atomic E-state index is 14.4. The number of anilines is 1. The Hall–Kier alpha value is -4.06. The second-order valence-electron chi connectivity index (χ2n) is 10.6. The Morgan fingerprint density at radius 1 is 0.830 bits per heavy atom. The topological polar surface area (TPSA) is 86.8 Å². The van der Waals surface area contributed by atoms with Crippen LogP contribution in [0.15, 0.2) is 108 Å². The highest BCUT2D eigenvalue weighted by Crippen LogP contribution is 2.33. The number of nitrogens with zero attached hydrogens (tertiary/aromatic N) is 2. The van der Waals surface area contributed by atoms with Crippen molar-refractivity contribution in [3.8, 4) is 0 Å². The predicted molar refractivity (Wildman–Crippen MR) is 177 cm³/mol. The first-order valence-corrected chi connectivity index (χ1v) is 16.8. The largest absolute Gasteiger partial charge is 0.416 e. The van der Waals surface area contributed by atoms with Crippen LogP contribution < -0.4 is 9.62 Å². The van der Waals surface area contributed by atoms with Gasteiger partial charge in [0.05, 0.1) is 26.2 Å². The molecule has 0 saturated heterocycles. The summed E-state index contributed by atoms with van der Waals surface area (Å²) in [7, 11) is -4.57. The van der Waals surface area contributed by atoms with E-state index in [1.54, 1.807) is 42.5 Å². The van der Waals surface area contributed by atoms with Crippen LogP contribution in [0, 0.1) is 0 Å². The molecule has 0 fully saturated rings. The molecule has 4 aromatic rings. The molecule has 1 atom stereocenters. The summed E-state index contributed by atoms with van der Waals surface area (Å²) in [6.45, 7) is 1.09. The Kier molecular flexibility index (Phi) is 11.9. The molecule has 0 saturated carbocycles. The molecular weight excluding hydrogens is 674 g/mol. The van der Waals surface area contributed by atoms with Crippen LogP contribution in [0.4, 0.5) is 18.9 Å². The third-order valence-electron chi connectivity index (χ3n) is 7.23. The van der Waals surface area contributed by atoms with Gasteiger partial charge in [-0.05, 0) is 60.0 Å². The molecule has 248 valence electrons. The van der Waals surface area contributed by atoms with Crippen LogP contribution in [0.3, 0.4) is 0 Å². The van der Waals surface area contributed by atoms with Gasteiger partial charge in [-0.15, -0.1) is 0 Å². The lowest BCUT2D eigenvalue weighted by Crippen LogP contribution is -2.53. The van der Waals surface area contributed by atoms with E-state index >= 15 is 0 Å². The van der Waals surface area contributed by atoms with E-state index in [0.29, 0.717) is 28.9 Å². The van der Waals surface area contributed by atoms with Crippen molar-refractivity contribution in [3.05, 3.63) is 130 Å². The number of amides is 2. The molecule has 0 bridgehead atoms. The Balaban J connectivity index is 1.84. The van der Waals surface area contributed by atoms with Crippen molar-refractivity contribution in [1.82, 2.24) is 10.2 Å². The summed E-state index contributed by atoms with van der Waals surface area (Å²) in [6, 6.07) is 23.3. The van der Waals surface area contributed by atoms with E-state index in [4.69, 9.17) is 23.2 Å². The fraction of sp³-hybridized carbons (Fsp3) is 0.235. The first kappa shape index (κ1) is 35.8. The first-order valence-electron chi connectivity index (χ1n) is 14.6. The number of alkyl halides is 3. The van der Waals surface area contributed by atoms with Crippen LogP contribution in [-0.2, 0) is 38.8 Å². The van der Waals surface area contributed by atoms with Gasteiger partial charge in [0, 0.05) is 19.5 Å². The fourth-order valence-corrected chi connectivity index (χ4v) is 6.59. The highest BCUT2D eigenvalue weighted by Gasteiger charge is 2.36. The molecule has 13 heteroatoms. The molecule has 47 heavy (non-hydrogen) atoms. The normalized spacial score (nSPS) is 12.3. The molecule has 0 spiro atoms. The van der Waals surface area contributed by atoms with Crippen molar-refractivity contribution in [3.63, 3.8) is 0 Å². The average Bonchev–Trinajstić information content (AvgIpc) is 3.06. The summed E-state index contributed by atoms with van der Waals surface area (Å²) in [6.07, 6.45) is -4.10. The zero-order valence-corrected chi connectivity index (χ0v) is 27.6. The molecule has 4 aromatic carbocycles. The number of hydrogen-bond donors (Lipinski definition) is 1. The molecular formula is C34H32Cl2F3N3O4S. The number of benzene rings is 4. The van der Waals surface area contributed by atoms with E-state index in [-0.39, 0.29) is 33.6 Å². The van der Waals surface area contributed by atoms with E-state index in [9.17, 15) is 31.2 Å². The van der Waals surface area contributed by atoms with Gasteiger partial charge in [-0.25, -0.2) is 8.42 Å². The Labute approximate surface area is 282 Å². The summed E-state index contributed by atoms with van der Waals surface area (Å²) in [5, 5.41) is 3.28. The Morgan fingerprint density at radius 2 is 1.49 bits per heavy atom. The number of hydrogen-bond acceptors (Lipinski definition) is 4. The maximum absolute atomic E-state index is 14.4. The summed E-state index contributed by atoms with van der Waals surface area (Å²) < 4.78 is 69.8. The maximum Gasteiger partial charge on any atom is 0.416 e. The van der Waals surface area contributed by atoms with E-state index in [1.807, 2.05) is 6.92 Å². The van der Waals surface area contributed by atoms with Gasteiger partial charge in [0.15, 0.2) is 0 Å². The lowest BCUT2D eigenvalue weighted by molar-refractivity contribution is -0.140. The number of rotatable bonds is 13. The SMILES string of the molecule is CCCNC(=O)[C@H](Cc1ccccc1)N(Cc1ccc(Cl)c(Cl)c1)C(=O)CN(c1cccc(C(F)(F)F)c1)S(=O)(=O)c1ccccc1. The minimum Gasteiger partial charge on any atom is -0.354 e. The Bertz CT molecular complexity index is 1790. The van der Waals surface area contributed by atoms with Gasteiger partial charge in [-0.1, -0.05) is 90.8 Å². The zero-order chi connectivity index (χ0) is 34.2. The van der Waals surface area contributed by atoms with E-state index in [2.05, 4.69) is 5.32 Å². The van der Waals surface area contributed by atoms with Gasteiger partial charge in [-0.2, -0.15) is 13.2 Å². The number of carbonyl (C=O) groups is 2. The second-order valence-corrected chi connectivity index (χ2v) is 13.3. The average molecular weight is 707 g/mol. The second kappa shape index (κ2) is 15.7. The van der Waals surface area contributed by atoms with E-state index < -0.39 is 46.2 Å². The van der Waals surface area contributed by atoms with Crippen LogP contribution in [0.1, 0.15) is 30.0 Å². The van der Waals surface area contributed by atoms with E-state index in [1.165, 1.54) is 47.4 Å². The first-order chi connectivity index (χ1) is 22.3. The highest BCUT2D eigenvalue weighted by molar-refractivity contribution is 7.92. The molecule has 2 amide bonds. The summed E-state index contributed by atoms with van der Waals surface area (Å²) in [5.74, 6) is -1.32. The fourth-order valence-electron chi connectivity index (χ4n) is 4.84. The van der Waals surface area contributed by atoms with Crippen molar-refractivity contribution in [2.45, 2.75) is 43.4 Å². The molecule has 0 unspecified atom stereocenters. The number of sulfonamides is 1. The molecule has 0 aliphatic rings. The standard InChI is InChI=1S/C34H32Cl2F3N3O4S/c1-2-18-40-33(44)31(20-24-10-5-3-6-11-24)41(22-25-16-17-29(35)30(36)19-25)32(43)23-42(47(45,46)28-14-7-4-8-15-28)27-13-9-12-26(21-27)34(37,38)39/h3-17,19,21,31H,2,18,20,22-23H2,1H3,(H,40,44)/t31-/m0/s1. The van der Waals surface area contributed by atoms with Crippen LogP contribution in [0.25, 0.3) is 0 Å². The van der Waals surface area contributed by atoms with Gasteiger partial charge >= 0.3 is 6.18 Å². The van der Waals surface area contributed by atoms with Crippen molar-refractivity contribution in [2.24, 2.45) is 0 Å². The van der Waals surface area contributed by atoms with Crippen molar-refractivity contribution in [1.29, 1.82) is 0 Å². The predicted octanol–water partition coefficient (Wildman–Crippen LogP) is 7.37. The lowest BCUT2D eigenvalue weighted by atomic mass is 10.0. The monoisotopic (exact) mass is 705 g/mol. The zero-order valence-electron chi connectivity index (χ0n) is 25.3. The van der Waals surface area contributed by atoms with Crippen molar-refractivity contribution in [2.75, 3.05) is 17.4 Å². The van der Waals surface area contributed by atoms with Gasteiger partial charge in [-0.3, -0.25) is 13.9 Å². The van der Waals surface area contributed by atoms with Crippen molar-refractivity contribution < 1.29 is 31.2 Å². The summed E-state index contributed by atoms with van der Waals surface area (Å²) >= 11 is 12.4. The van der Waals surface area contributed by atoms with Crippen LogP contribution >= 0.6 is 23.2 Å². The highest BCUT2D eigenvalue weighted by atomic mass is 35.5. The number of carbonyl (C=O) groups excluding carboxylic acids is 2. The van der Waals surface area contributed by atoms with Gasteiger partial charge < -0.3 is 10.2 Å². The molecule has 7 nitrogen and oxygen atoms in total. The van der Waals surface area contributed by atoms with Gasteiger partial charge in [0.25, 0.3) is 10.0 Å². The van der Waals surface area contributed by atoms with Gasteiger partial charge in [0.1, 0.15) is 12.6 Å². The van der Waals surface area contributed by atoms with Crippen molar-refractivity contribution >= 4 is 50.7 Å². The number of halogens is 5. The smallest absolute Gasteiger partial charge is 0.354 e. The van der Waals surface area contributed by atoms with Crippen LogP contribution in [0.2, 0.25) is 10.0 Å². The van der Waals surface area contributed by atoms with Gasteiger partial charge in [0.2, 0.25) is 11.8 Å². The molecule has 0 aliphatic heterocycles. The molecule has 1 N–H and O–H groups in total. The minimum absolute atomic E-state index is 0.0679. The molecule has 0 aliphatic carbocycles. The lowest BCUT2D eigenvalue weighted by Gasteiger charge is -2.34. The summed E-state index contributed by atoms with van der Waals surface area (Å²) in [4.78, 5) is 29.1. The molecule has 0 heterocycles. The summed E-state index contributed by atoms with van der Waals surface area (Å²) in [5.41, 5.74) is -0.251. The van der Waals surface area contributed by atoms with Crippen LogP contribution in [-0.4, -0.2) is 44.3 Å². The quantitative estimate of drug-likeness (QED) is 0.157. The Morgan fingerprint density at radius 3 is 2.11 bits per heavy atom. The van der Waals surface area contributed by atoms with E-state index in [0.717, 1.165) is 17.7 Å². The molecule has 0 aromatic heterocycles. The third-order valence-corrected chi connectivity index (χ3v) is 9.76. The minimum atomic E-state index is -4.78. The van der Waals surface area contributed by atoms with Crippen LogP contribution in [0.5, 0.6) is 0 Å². The third kappa shape index (κ3) is 9.27. The number of nitrogens with one attached hydrogen (secondary N) is 1. The molecule has 0 radical (unpaired) electrons. The molecule has 4 rings (SSSR count).